The van der Waals surface area contributed by atoms with Crippen molar-refractivity contribution in [2.24, 2.45) is 0 Å². The molecule has 2 aromatic rings. The van der Waals surface area contributed by atoms with Crippen molar-refractivity contribution >= 4 is 17.7 Å². The third kappa shape index (κ3) is 4.29. The van der Waals surface area contributed by atoms with E-state index in [-0.39, 0.29) is 0 Å². The summed E-state index contributed by atoms with van der Waals surface area (Å²) >= 11 is 0. The predicted molar refractivity (Wildman–Crippen MR) is 112 cm³/mol. The Hall–Kier alpha value is -2.85. The largest absolute Gasteiger partial charge is 0.372 e. The number of hydrogen-bond donors (Lipinski definition) is 1. The van der Waals surface area contributed by atoms with Crippen LogP contribution in [0.2, 0.25) is 0 Å². The number of likely N-dealkylation sites (N-methyl/N-ethyl adjacent to an activating group) is 1. The standard InChI is InChI=1S/C23H27N3O/c1-3-25(4-2)20-15-17-23(19-27,18-16-20)24-26(21-11-7-5-8-12-21)22-13-9-6-10-14-22/h5-17,19,24H,3-4,18H2,1-2H3/t23-/m1/s1. The second kappa shape index (κ2) is 8.69. The van der Waals surface area contributed by atoms with E-state index in [1.807, 2.05) is 77.8 Å². The molecule has 2 aromatic carbocycles. The van der Waals surface area contributed by atoms with Gasteiger partial charge in [0.1, 0.15) is 11.8 Å². The van der Waals surface area contributed by atoms with Gasteiger partial charge in [0.25, 0.3) is 0 Å². The van der Waals surface area contributed by atoms with Crippen molar-refractivity contribution < 1.29 is 4.79 Å². The van der Waals surface area contributed by atoms with Gasteiger partial charge in [-0.15, -0.1) is 0 Å². The first kappa shape index (κ1) is 18.9. The lowest BCUT2D eigenvalue weighted by Gasteiger charge is -2.37. The average Bonchev–Trinajstić information content (AvgIpc) is 2.75. The van der Waals surface area contributed by atoms with Crippen molar-refractivity contribution in [3.05, 3.63) is 84.6 Å². The van der Waals surface area contributed by atoms with Gasteiger partial charge in [-0.2, -0.15) is 0 Å². The van der Waals surface area contributed by atoms with E-state index >= 15 is 0 Å². The van der Waals surface area contributed by atoms with Gasteiger partial charge >= 0.3 is 0 Å². The summed E-state index contributed by atoms with van der Waals surface area (Å²) in [6, 6.07) is 20.1. The van der Waals surface area contributed by atoms with E-state index in [2.05, 4.69) is 30.2 Å². The van der Waals surface area contributed by atoms with Gasteiger partial charge in [-0.3, -0.25) is 5.01 Å². The van der Waals surface area contributed by atoms with Crippen LogP contribution >= 0.6 is 0 Å². The number of allylic oxidation sites excluding steroid dienone is 1. The van der Waals surface area contributed by atoms with Crippen LogP contribution in [0.15, 0.2) is 84.6 Å². The number of benzene rings is 2. The number of hydrazine groups is 1. The maximum Gasteiger partial charge on any atom is 0.146 e. The SMILES string of the molecule is CCN(CC)C1=CC[C@](C=O)(NN(c2ccccc2)c2ccccc2)C=C1. The second-order valence-electron chi connectivity index (χ2n) is 6.62. The zero-order chi connectivity index (χ0) is 19.1. The van der Waals surface area contributed by atoms with Gasteiger partial charge in [-0.1, -0.05) is 48.6 Å². The van der Waals surface area contributed by atoms with Gasteiger partial charge < -0.3 is 9.69 Å². The maximum absolute atomic E-state index is 12.1. The van der Waals surface area contributed by atoms with E-state index in [9.17, 15) is 4.79 Å². The number of para-hydroxylation sites is 2. The number of aldehydes is 1. The van der Waals surface area contributed by atoms with Crippen LogP contribution in [-0.4, -0.2) is 29.8 Å². The van der Waals surface area contributed by atoms with Crippen molar-refractivity contribution in [3.63, 3.8) is 0 Å². The summed E-state index contributed by atoms with van der Waals surface area (Å²) in [6.45, 7) is 6.19. The van der Waals surface area contributed by atoms with E-state index in [4.69, 9.17) is 0 Å². The summed E-state index contributed by atoms with van der Waals surface area (Å²) in [5.74, 6) is 0. The molecule has 0 radical (unpaired) electrons. The van der Waals surface area contributed by atoms with E-state index in [1.165, 1.54) is 5.70 Å². The highest BCUT2D eigenvalue weighted by Crippen LogP contribution is 2.28. The summed E-state index contributed by atoms with van der Waals surface area (Å²) in [4.78, 5) is 14.4. The molecule has 0 amide bonds. The minimum atomic E-state index is -0.775. The Bertz CT molecular complexity index is 757. The second-order valence-corrected chi connectivity index (χ2v) is 6.62. The molecule has 1 aliphatic rings. The number of carbonyl (C=O) groups is 1. The molecule has 1 aliphatic carbocycles. The minimum absolute atomic E-state index is 0.606. The lowest BCUT2D eigenvalue weighted by atomic mass is 9.92. The molecular weight excluding hydrogens is 334 g/mol. The highest BCUT2D eigenvalue weighted by atomic mass is 16.1. The summed E-state index contributed by atoms with van der Waals surface area (Å²) < 4.78 is 0. The molecule has 0 saturated heterocycles. The van der Waals surface area contributed by atoms with Gasteiger partial charge in [0.15, 0.2) is 0 Å². The maximum atomic E-state index is 12.1. The monoisotopic (exact) mass is 361 g/mol. The molecule has 0 saturated carbocycles. The van der Waals surface area contributed by atoms with Crippen molar-refractivity contribution in [1.82, 2.24) is 10.3 Å². The Morgan fingerprint density at radius 1 is 0.963 bits per heavy atom. The van der Waals surface area contributed by atoms with E-state index in [1.54, 1.807) is 0 Å². The first-order valence-corrected chi connectivity index (χ1v) is 9.50. The van der Waals surface area contributed by atoms with Gasteiger partial charge in [-0.05, 0) is 50.6 Å². The van der Waals surface area contributed by atoms with Crippen LogP contribution < -0.4 is 10.4 Å². The Morgan fingerprint density at radius 3 is 1.93 bits per heavy atom. The summed E-state index contributed by atoms with van der Waals surface area (Å²) in [6.07, 6.45) is 7.77. The van der Waals surface area contributed by atoms with E-state index in [0.717, 1.165) is 30.8 Å². The molecule has 0 fully saturated rings. The summed E-state index contributed by atoms with van der Waals surface area (Å²) in [5, 5.41) is 1.98. The van der Waals surface area contributed by atoms with Crippen molar-refractivity contribution in [2.75, 3.05) is 18.1 Å². The summed E-state index contributed by atoms with van der Waals surface area (Å²) in [5.41, 5.74) is 5.83. The molecule has 0 heterocycles. The third-order valence-corrected chi connectivity index (χ3v) is 4.89. The molecular formula is C23H27N3O. The van der Waals surface area contributed by atoms with Crippen molar-refractivity contribution in [1.29, 1.82) is 0 Å². The molecule has 1 atom stereocenters. The van der Waals surface area contributed by atoms with Crippen molar-refractivity contribution in [2.45, 2.75) is 25.8 Å². The minimum Gasteiger partial charge on any atom is -0.372 e. The third-order valence-electron chi connectivity index (χ3n) is 4.89. The average molecular weight is 361 g/mol. The van der Waals surface area contributed by atoms with Gasteiger partial charge in [0.05, 0.1) is 11.4 Å². The smallest absolute Gasteiger partial charge is 0.146 e. The van der Waals surface area contributed by atoms with E-state index < -0.39 is 5.54 Å². The Kier molecular flexibility index (Phi) is 6.09. The molecule has 0 unspecified atom stereocenters. The fraction of sp³-hybridized carbons (Fsp3) is 0.261. The van der Waals surface area contributed by atoms with Gasteiger partial charge in [0.2, 0.25) is 0 Å². The summed E-state index contributed by atoms with van der Waals surface area (Å²) in [7, 11) is 0. The van der Waals surface area contributed by atoms with Crippen molar-refractivity contribution in [3.8, 4) is 0 Å². The molecule has 27 heavy (non-hydrogen) atoms. The molecule has 0 aliphatic heterocycles. The Labute approximate surface area is 161 Å². The fourth-order valence-corrected chi connectivity index (χ4v) is 3.30. The molecule has 0 spiro atoms. The molecule has 0 bridgehead atoms. The van der Waals surface area contributed by atoms with Crippen LogP contribution in [0.4, 0.5) is 11.4 Å². The van der Waals surface area contributed by atoms with Crippen LogP contribution in [-0.2, 0) is 4.79 Å². The lowest BCUT2D eigenvalue weighted by Crippen LogP contribution is -2.53. The first-order chi connectivity index (χ1) is 13.2. The van der Waals surface area contributed by atoms with Crippen LogP contribution in [0.25, 0.3) is 0 Å². The number of hydrogen-bond acceptors (Lipinski definition) is 4. The van der Waals surface area contributed by atoms with Crippen LogP contribution in [0.3, 0.4) is 0 Å². The van der Waals surface area contributed by atoms with Crippen LogP contribution in [0.1, 0.15) is 20.3 Å². The zero-order valence-electron chi connectivity index (χ0n) is 16.0. The van der Waals surface area contributed by atoms with Gasteiger partial charge in [-0.25, -0.2) is 5.43 Å². The quantitative estimate of drug-likeness (QED) is 0.556. The first-order valence-electron chi connectivity index (χ1n) is 9.50. The molecule has 4 heteroatoms. The Balaban J connectivity index is 1.89. The topological polar surface area (TPSA) is 35.6 Å². The number of carbonyl (C=O) groups excluding carboxylic acids is 1. The Morgan fingerprint density at radius 2 is 1.52 bits per heavy atom. The molecule has 0 aromatic heterocycles. The molecule has 3 rings (SSSR count). The number of nitrogens with zero attached hydrogens (tertiary/aromatic N) is 2. The van der Waals surface area contributed by atoms with Crippen LogP contribution in [0, 0.1) is 0 Å². The highest BCUT2D eigenvalue weighted by molar-refractivity contribution is 5.72. The van der Waals surface area contributed by atoms with Crippen LogP contribution in [0.5, 0.6) is 0 Å². The number of nitrogens with one attached hydrogen (secondary N) is 1. The van der Waals surface area contributed by atoms with E-state index in [0.29, 0.717) is 6.42 Å². The highest BCUT2D eigenvalue weighted by Gasteiger charge is 2.31. The molecule has 4 nitrogen and oxygen atoms in total. The molecule has 1 N–H and O–H groups in total. The molecule has 140 valence electrons. The normalized spacial score (nSPS) is 18.7. The number of rotatable bonds is 8. The van der Waals surface area contributed by atoms with Gasteiger partial charge in [0, 0.05) is 18.8 Å². The predicted octanol–water partition coefficient (Wildman–Crippen LogP) is 4.45. The fourth-order valence-electron chi connectivity index (χ4n) is 3.30. The zero-order valence-corrected chi connectivity index (χ0v) is 16.0. The lowest BCUT2D eigenvalue weighted by molar-refractivity contribution is -0.111. The number of anilines is 2.